The summed E-state index contributed by atoms with van der Waals surface area (Å²) in [5.74, 6) is 0.337. The molecule has 2 aromatic heterocycles. The Balaban J connectivity index is 1.43. The van der Waals surface area contributed by atoms with Crippen LogP contribution >= 0.6 is 0 Å². The predicted octanol–water partition coefficient (Wildman–Crippen LogP) is 2.11. The molecule has 4 heterocycles. The zero-order valence-corrected chi connectivity index (χ0v) is 14.6. The fourth-order valence-electron chi connectivity index (χ4n) is 4.10. The highest BCUT2D eigenvalue weighted by molar-refractivity contribution is 5.91. The number of carbonyl (C=O) groups is 2. The zero-order chi connectivity index (χ0) is 18.0. The first-order valence-corrected chi connectivity index (χ1v) is 9.06. The lowest BCUT2D eigenvalue weighted by atomic mass is 9.79. The molecular formula is C19H22N4O3. The molecule has 0 aliphatic carbocycles. The minimum atomic E-state index is -0.335. The number of aromatic nitrogens is 2. The van der Waals surface area contributed by atoms with E-state index < -0.39 is 0 Å². The third kappa shape index (κ3) is 3.09. The molecule has 2 saturated heterocycles. The van der Waals surface area contributed by atoms with E-state index in [1.807, 2.05) is 23.2 Å². The number of nitrogens with zero attached hydrogens (tertiary/aromatic N) is 4. The molecule has 2 amide bonds. The smallest absolute Gasteiger partial charge is 0.292 e. The second kappa shape index (κ2) is 6.90. The summed E-state index contributed by atoms with van der Waals surface area (Å²) in [6, 6.07) is 5.47. The molecule has 0 bridgehead atoms. The lowest BCUT2D eigenvalue weighted by molar-refractivity contribution is -0.137. The van der Waals surface area contributed by atoms with Crippen molar-refractivity contribution in [3.63, 3.8) is 0 Å². The molecule has 0 radical (unpaired) electrons. The first kappa shape index (κ1) is 16.8. The quantitative estimate of drug-likeness (QED) is 0.843. The van der Waals surface area contributed by atoms with Crippen LogP contribution in [0, 0.1) is 5.41 Å². The van der Waals surface area contributed by atoms with Crippen molar-refractivity contribution in [3.8, 4) is 0 Å². The van der Waals surface area contributed by atoms with Crippen LogP contribution in [0.25, 0.3) is 0 Å². The van der Waals surface area contributed by atoms with Gasteiger partial charge in [-0.3, -0.25) is 14.6 Å². The van der Waals surface area contributed by atoms with Crippen LogP contribution in [0.1, 0.15) is 41.8 Å². The van der Waals surface area contributed by atoms with Crippen LogP contribution in [0.3, 0.4) is 0 Å². The van der Waals surface area contributed by atoms with Gasteiger partial charge in [0, 0.05) is 44.6 Å². The number of amides is 2. The predicted molar refractivity (Wildman–Crippen MR) is 93.0 cm³/mol. The number of likely N-dealkylation sites (tertiary alicyclic amines) is 2. The molecule has 1 atom stereocenters. The Morgan fingerprint density at radius 2 is 2.04 bits per heavy atom. The highest BCUT2D eigenvalue weighted by Crippen LogP contribution is 2.42. The Bertz CT molecular complexity index is 777. The molecule has 26 heavy (non-hydrogen) atoms. The summed E-state index contributed by atoms with van der Waals surface area (Å²) in [5, 5.41) is 3.61. The van der Waals surface area contributed by atoms with Gasteiger partial charge in [-0.2, -0.15) is 0 Å². The number of carbonyl (C=O) groups excluding carboxylic acids is 2. The van der Waals surface area contributed by atoms with Crippen LogP contribution in [-0.4, -0.2) is 51.4 Å². The second-order valence-corrected chi connectivity index (χ2v) is 7.14. The summed E-state index contributed by atoms with van der Waals surface area (Å²) in [7, 11) is 0. The lowest BCUT2D eigenvalue weighted by Crippen LogP contribution is -2.36. The van der Waals surface area contributed by atoms with Crippen molar-refractivity contribution in [1.29, 1.82) is 0 Å². The number of hydrogen-bond donors (Lipinski definition) is 0. The van der Waals surface area contributed by atoms with Crippen LogP contribution in [-0.2, 0) is 11.3 Å². The largest absolute Gasteiger partial charge is 0.351 e. The van der Waals surface area contributed by atoms with Crippen molar-refractivity contribution in [1.82, 2.24) is 19.9 Å². The van der Waals surface area contributed by atoms with Crippen molar-refractivity contribution < 1.29 is 14.1 Å². The highest BCUT2D eigenvalue weighted by atomic mass is 16.5. The van der Waals surface area contributed by atoms with Gasteiger partial charge in [0.2, 0.25) is 11.7 Å². The summed E-state index contributed by atoms with van der Waals surface area (Å²) in [6.07, 6.45) is 8.24. The van der Waals surface area contributed by atoms with Gasteiger partial charge in [-0.05, 0) is 37.3 Å². The molecule has 0 aromatic carbocycles. The van der Waals surface area contributed by atoms with Gasteiger partial charge < -0.3 is 14.3 Å². The first-order chi connectivity index (χ1) is 12.7. The fourth-order valence-corrected chi connectivity index (χ4v) is 4.10. The van der Waals surface area contributed by atoms with E-state index in [1.165, 1.54) is 6.20 Å². The van der Waals surface area contributed by atoms with Crippen LogP contribution in [0.4, 0.5) is 0 Å². The second-order valence-electron chi connectivity index (χ2n) is 7.14. The molecule has 0 N–H and O–H groups in total. The molecule has 1 spiro atoms. The van der Waals surface area contributed by atoms with Crippen LogP contribution < -0.4 is 0 Å². The van der Waals surface area contributed by atoms with Crippen LogP contribution in [0.5, 0.6) is 0 Å². The summed E-state index contributed by atoms with van der Waals surface area (Å²) < 4.78 is 4.99. The number of pyridine rings is 1. The molecule has 0 saturated carbocycles. The van der Waals surface area contributed by atoms with E-state index in [9.17, 15) is 9.59 Å². The van der Waals surface area contributed by atoms with Crippen LogP contribution in [0.15, 0.2) is 41.3 Å². The average Bonchev–Trinajstić information content (AvgIpc) is 3.23. The van der Waals surface area contributed by atoms with E-state index in [2.05, 4.69) is 10.1 Å². The highest BCUT2D eigenvalue weighted by Gasteiger charge is 2.47. The lowest BCUT2D eigenvalue weighted by Gasteiger charge is -2.26. The molecule has 7 nitrogen and oxygen atoms in total. The zero-order valence-electron chi connectivity index (χ0n) is 14.6. The van der Waals surface area contributed by atoms with Gasteiger partial charge in [0.05, 0.1) is 11.6 Å². The summed E-state index contributed by atoms with van der Waals surface area (Å²) in [6.45, 7) is 2.60. The fraction of sp³-hybridized carbons (Fsp3) is 0.474. The topological polar surface area (TPSA) is 79.5 Å². The van der Waals surface area contributed by atoms with E-state index in [0.29, 0.717) is 26.1 Å². The molecule has 2 aromatic rings. The molecule has 136 valence electrons. The summed E-state index contributed by atoms with van der Waals surface area (Å²) in [5.41, 5.74) is 0.715. The third-order valence-electron chi connectivity index (χ3n) is 5.58. The SMILES string of the molecule is O=C(c1ccno1)N1CCCC2(CC1)CCN(Cc1cccnc1)C2=O. The van der Waals surface area contributed by atoms with E-state index >= 15 is 0 Å². The van der Waals surface area contributed by atoms with Gasteiger partial charge in [-0.1, -0.05) is 11.2 Å². The van der Waals surface area contributed by atoms with E-state index in [1.54, 1.807) is 17.2 Å². The van der Waals surface area contributed by atoms with Crippen molar-refractivity contribution in [2.24, 2.45) is 5.41 Å². The van der Waals surface area contributed by atoms with Gasteiger partial charge in [-0.25, -0.2) is 0 Å². The van der Waals surface area contributed by atoms with Crippen molar-refractivity contribution >= 4 is 11.8 Å². The number of hydrogen-bond acceptors (Lipinski definition) is 5. The van der Waals surface area contributed by atoms with Gasteiger partial charge in [0.1, 0.15) is 0 Å². The Morgan fingerprint density at radius 3 is 2.81 bits per heavy atom. The molecule has 4 rings (SSSR count). The normalized spacial score (nSPS) is 23.5. The van der Waals surface area contributed by atoms with Crippen LogP contribution in [0.2, 0.25) is 0 Å². The maximum Gasteiger partial charge on any atom is 0.292 e. The standard InChI is InChI=1S/C19H22N4O3/c24-17(16-4-9-21-26-16)22-10-2-5-19(6-11-22)7-12-23(18(19)25)14-15-3-1-8-20-13-15/h1,3-4,8-9,13H,2,5-7,10-12,14H2. The van der Waals surface area contributed by atoms with E-state index in [-0.39, 0.29) is 23.0 Å². The first-order valence-electron chi connectivity index (χ1n) is 9.06. The number of rotatable bonds is 3. The van der Waals surface area contributed by atoms with Crippen molar-refractivity contribution in [2.45, 2.75) is 32.2 Å². The molecule has 2 aliphatic rings. The minimum absolute atomic E-state index is 0.141. The Kier molecular flexibility index (Phi) is 4.44. The van der Waals surface area contributed by atoms with E-state index in [4.69, 9.17) is 4.52 Å². The van der Waals surface area contributed by atoms with Gasteiger partial charge >= 0.3 is 0 Å². The Morgan fingerprint density at radius 1 is 1.15 bits per heavy atom. The maximum atomic E-state index is 13.1. The summed E-state index contributed by atoms with van der Waals surface area (Å²) in [4.78, 5) is 33.5. The monoisotopic (exact) mass is 354 g/mol. The average molecular weight is 354 g/mol. The third-order valence-corrected chi connectivity index (χ3v) is 5.58. The Hall–Kier alpha value is -2.70. The van der Waals surface area contributed by atoms with Crippen molar-refractivity contribution in [3.05, 3.63) is 48.1 Å². The molecular weight excluding hydrogens is 332 g/mol. The molecule has 2 fully saturated rings. The molecule has 7 heteroatoms. The van der Waals surface area contributed by atoms with Gasteiger partial charge in [0.15, 0.2) is 0 Å². The Labute approximate surface area is 152 Å². The molecule has 2 aliphatic heterocycles. The van der Waals surface area contributed by atoms with Gasteiger partial charge in [-0.15, -0.1) is 0 Å². The van der Waals surface area contributed by atoms with Gasteiger partial charge in [0.25, 0.3) is 5.91 Å². The van der Waals surface area contributed by atoms with Crippen molar-refractivity contribution in [2.75, 3.05) is 19.6 Å². The summed E-state index contributed by atoms with van der Waals surface area (Å²) >= 11 is 0. The maximum absolute atomic E-state index is 13.1. The van der Waals surface area contributed by atoms with E-state index in [0.717, 1.165) is 31.4 Å². The molecule has 1 unspecified atom stereocenters. The minimum Gasteiger partial charge on any atom is -0.351 e.